The van der Waals surface area contributed by atoms with Gasteiger partial charge >= 0.3 is 5.97 Å². The predicted octanol–water partition coefficient (Wildman–Crippen LogP) is 1.78. The zero-order valence-corrected chi connectivity index (χ0v) is 11.1. The van der Waals surface area contributed by atoms with E-state index >= 15 is 0 Å². The van der Waals surface area contributed by atoms with Crippen LogP contribution in [0.15, 0.2) is 18.2 Å². The summed E-state index contributed by atoms with van der Waals surface area (Å²) in [4.78, 5) is 22.6. The summed E-state index contributed by atoms with van der Waals surface area (Å²) in [5.74, 6) is -1.49. The number of halogens is 1. The number of aliphatic carboxylic acids is 1. The van der Waals surface area contributed by atoms with E-state index in [0.717, 1.165) is 0 Å². The number of carboxylic acids is 1. The van der Waals surface area contributed by atoms with Crippen LogP contribution in [0, 0.1) is 11.3 Å². The molecule has 0 bridgehead atoms. The first-order valence-electron chi connectivity index (χ1n) is 5.90. The highest BCUT2D eigenvalue weighted by Gasteiger charge is 2.34. The van der Waals surface area contributed by atoms with Crippen LogP contribution in [0.3, 0.4) is 0 Å². The van der Waals surface area contributed by atoms with E-state index in [2.05, 4.69) is 5.32 Å². The molecule has 0 spiro atoms. The monoisotopic (exact) mass is 294 g/mol. The summed E-state index contributed by atoms with van der Waals surface area (Å²) >= 11 is 5.85. The summed E-state index contributed by atoms with van der Waals surface area (Å²) in [7, 11) is 0. The number of anilines is 1. The number of carbonyl (C=O) groups excluding carboxylic acids is 1. The first-order valence-corrected chi connectivity index (χ1v) is 6.28. The van der Waals surface area contributed by atoms with Crippen molar-refractivity contribution >= 4 is 29.2 Å². The summed E-state index contributed by atoms with van der Waals surface area (Å²) < 4.78 is 5.14. The molecule has 20 heavy (non-hydrogen) atoms. The van der Waals surface area contributed by atoms with Gasteiger partial charge < -0.3 is 15.2 Å². The van der Waals surface area contributed by atoms with Crippen LogP contribution in [0.1, 0.15) is 18.4 Å². The lowest BCUT2D eigenvalue weighted by atomic mass is 10.1. The lowest BCUT2D eigenvalue weighted by Gasteiger charge is -2.12. The average molecular weight is 295 g/mol. The van der Waals surface area contributed by atoms with Crippen molar-refractivity contribution in [2.45, 2.75) is 25.0 Å². The number of carboxylic acid groups (broad SMARTS) is 1. The minimum atomic E-state index is -1.07. The molecule has 1 heterocycles. The minimum Gasteiger partial charge on any atom is -0.479 e. The van der Waals surface area contributed by atoms with Gasteiger partial charge in [0.05, 0.1) is 10.6 Å². The van der Waals surface area contributed by atoms with Crippen molar-refractivity contribution in [2.75, 3.05) is 5.32 Å². The molecule has 0 unspecified atom stereocenters. The zero-order chi connectivity index (χ0) is 14.7. The van der Waals surface area contributed by atoms with Crippen molar-refractivity contribution in [3.8, 4) is 6.07 Å². The molecule has 2 rings (SSSR count). The molecule has 0 radical (unpaired) electrons. The normalized spacial score (nSPS) is 21.2. The van der Waals surface area contributed by atoms with E-state index in [1.54, 1.807) is 6.07 Å². The molecule has 1 amide bonds. The van der Waals surface area contributed by atoms with Crippen LogP contribution in [-0.4, -0.2) is 29.2 Å². The van der Waals surface area contributed by atoms with Crippen LogP contribution in [0.25, 0.3) is 0 Å². The Hall–Kier alpha value is -2.10. The number of hydrogen-bond acceptors (Lipinski definition) is 4. The summed E-state index contributed by atoms with van der Waals surface area (Å²) in [6.07, 6.45) is -1.06. The first kappa shape index (κ1) is 14.3. The van der Waals surface area contributed by atoms with E-state index in [9.17, 15) is 9.59 Å². The Balaban J connectivity index is 2.01. The first-order chi connectivity index (χ1) is 9.51. The Morgan fingerprint density at radius 2 is 2.10 bits per heavy atom. The van der Waals surface area contributed by atoms with Gasteiger partial charge in [-0.3, -0.25) is 4.79 Å². The Morgan fingerprint density at radius 1 is 1.40 bits per heavy atom. The molecule has 2 N–H and O–H groups in total. The Bertz CT molecular complexity index is 597. The maximum Gasteiger partial charge on any atom is 0.332 e. The molecule has 1 aromatic rings. The molecule has 0 saturated carbocycles. The highest BCUT2D eigenvalue weighted by atomic mass is 35.5. The molecule has 1 aromatic carbocycles. The molecule has 7 heteroatoms. The number of nitrogens with zero attached hydrogens (tertiary/aromatic N) is 1. The van der Waals surface area contributed by atoms with Gasteiger partial charge in [0, 0.05) is 5.69 Å². The van der Waals surface area contributed by atoms with Crippen molar-refractivity contribution in [2.24, 2.45) is 0 Å². The van der Waals surface area contributed by atoms with Crippen LogP contribution in [0.4, 0.5) is 5.69 Å². The molecule has 2 atom stereocenters. The quantitative estimate of drug-likeness (QED) is 0.885. The summed E-state index contributed by atoms with van der Waals surface area (Å²) in [5.41, 5.74) is 0.745. The van der Waals surface area contributed by atoms with Gasteiger partial charge in [0.25, 0.3) is 5.91 Å². The lowest BCUT2D eigenvalue weighted by Crippen LogP contribution is -2.29. The number of nitriles is 1. The van der Waals surface area contributed by atoms with Gasteiger partial charge in [0.2, 0.25) is 0 Å². The number of hydrogen-bond donors (Lipinski definition) is 2. The third-order valence-electron chi connectivity index (χ3n) is 2.94. The fraction of sp³-hybridized carbons (Fsp3) is 0.308. The van der Waals surface area contributed by atoms with Crippen molar-refractivity contribution in [1.82, 2.24) is 0 Å². The number of carbonyl (C=O) groups is 2. The third-order valence-corrected chi connectivity index (χ3v) is 3.26. The molecule has 0 aromatic heterocycles. The largest absolute Gasteiger partial charge is 0.479 e. The van der Waals surface area contributed by atoms with Crippen molar-refractivity contribution in [3.63, 3.8) is 0 Å². The molecular weight excluding hydrogens is 284 g/mol. The maximum atomic E-state index is 11.9. The second-order valence-electron chi connectivity index (χ2n) is 4.32. The molecule has 1 saturated heterocycles. The lowest BCUT2D eigenvalue weighted by molar-refractivity contribution is -0.150. The Labute approximate surface area is 119 Å². The van der Waals surface area contributed by atoms with Crippen molar-refractivity contribution < 1.29 is 19.4 Å². The van der Waals surface area contributed by atoms with E-state index in [0.29, 0.717) is 24.1 Å². The van der Waals surface area contributed by atoms with Crippen LogP contribution >= 0.6 is 11.6 Å². The van der Waals surface area contributed by atoms with E-state index in [4.69, 9.17) is 26.7 Å². The smallest absolute Gasteiger partial charge is 0.332 e. The number of amides is 1. The molecule has 6 nitrogen and oxygen atoms in total. The summed E-state index contributed by atoms with van der Waals surface area (Å²) in [6.45, 7) is 0. The number of rotatable bonds is 3. The van der Waals surface area contributed by atoms with Crippen LogP contribution in [0.5, 0.6) is 0 Å². The Kier molecular flexibility index (Phi) is 4.23. The second-order valence-corrected chi connectivity index (χ2v) is 4.73. The second kappa shape index (κ2) is 5.90. The van der Waals surface area contributed by atoms with Gasteiger partial charge in [-0.15, -0.1) is 0 Å². The SMILES string of the molecule is N#Cc1ccc(NC(=O)[C@@H]2CC[C@H](C(=O)O)O2)cc1Cl. The number of ether oxygens (including phenoxy) is 1. The third kappa shape index (κ3) is 3.07. The Morgan fingerprint density at radius 3 is 2.65 bits per heavy atom. The zero-order valence-electron chi connectivity index (χ0n) is 10.3. The standard InChI is InChI=1S/C13H11ClN2O4/c14-9-5-8(2-1-7(9)6-15)16-12(17)10-3-4-11(20-10)13(18)19/h1-2,5,10-11H,3-4H2,(H,16,17)(H,18,19)/t10-,11+/m0/s1. The number of benzene rings is 1. The van der Waals surface area contributed by atoms with E-state index in [1.165, 1.54) is 12.1 Å². The van der Waals surface area contributed by atoms with E-state index < -0.39 is 24.1 Å². The molecular formula is C13H11ClN2O4. The van der Waals surface area contributed by atoms with Crippen molar-refractivity contribution in [3.05, 3.63) is 28.8 Å². The minimum absolute atomic E-state index is 0.237. The van der Waals surface area contributed by atoms with Gasteiger partial charge in [0.1, 0.15) is 12.2 Å². The molecule has 1 aliphatic heterocycles. The number of nitrogens with one attached hydrogen (secondary N) is 1. The summed E-state index contributed by atoms with van der Waals surface area (Å²) in [5, 5.41) is 20.4. The average Bonchev–Trinajstić information content (AvgIpc) is 2.88. The molecule has 1 aliphatic rings. The van der Waals surface area contributed by atoms with Gasteiger partial charge in [-0.1, -0.05) is 11.6 Å². The molecule has 0 aliphatic carbocycles. The van der Waals surface area contributed by atoms with Gasteiger partial charge in [0.15, 0.2) is 6.10 Å². The fourth-order valence-electron chi connectivity index (χ4n) is 1.92. The maximum absolute atomic E-state index is 11.9. The van der Waals surface area contributed by atoms with E-state index in [1.807, 2.05) is 6.07 Å². The van der Waals surface area contributed by atoms with Crippen molar-refractivity contribution in [1.29, 1.82) is 5.26 Å². The molecule has 1 fully saturated rings. The fourth-order valence-corrected chi connectivity index (χ4v) is 2.14. The van der Waals surface area contributed by atoms with Crippen LogP contribution < -0.4 is 5.32 Å². The highest BCUT2D eigenvalue weighted by molar-refractivity contribution is 6.32. The predicted molar refractivity (Wildman–Crippen MR) is 70.3 cm³/mol. The summed E-state index contributed by atoms with van der Waals surface area (Å²) in [6, 6.07) is 6.42. The highest BCUT2D eigenvalue weighted by Crippen LogP contribution is 2.23. The van der Waals surface area contributed by atoms with Gasteiger partial charge in [-0.25, -0.2) is 4.79 Å². The van der Waals surface area contributed by atoms with Gasteiger partial charge in [-0.2, -0.15) is 5.26 Å². The van der Waals surface area contributed by atoms with E-state index in [-0.39, 0.29) is 5.02 Å². The van der Waals surface area contributed by atoms with Crippen LogP contribution in [0.2, 0.25) is 5.02 Å². The molecule has 104 valence electrons. The topological polar surface area (TPSA) is 99.4 Å². The van der Waals surface area contributed by atoms with Gasteiger partial charge in [-0.05, 0) is 31.0 Å². The van der Waals surface area contributed by atoms with Crippen LogP contribution in [-0.2, 0) is 14.3 Å².